The van der Waals surface area contributed by atoms with Crippen molar-refractivity contribution >= 4 is 0 Å². The summed E-state index contributed by atoms with van der Waals surface area (Å²) in [4.78, 5) is 2.10. The Morgan fingerprint density at radius 1 is 1.11 bits per heavy atom. The summed E-state index contributed by atoms with van der Waals surface area (Å²) < 4.78 is 21.9. The average molecular weight is 253 g/mol. The summed E-state index contributed by atoms with van der Waals surface area (Å²) in [6, 6.07) is 2.01. The summed E-state index contributed by atoms with van der Waals surface area (Å²) in [6.45, 7) is 0.606. The van der Waals surface area contributed by atoms with Crippen LogP contribution in [-0.2, 0) is 0 Å². The van der Waals surface area contributed by atoms with Crippen molar-refractivity contribution in [3.05, 3.63) is 11.6 Å². The zero-order chi connectivity index (χ0) is 13.3. The molecule has 1 heterocycles. The molecule has 100 valence electrons. The fraction of sp³-hybridized carbons (Fsp3) is 0.538. The minimum atomic E-state index is 0.162. The highest BCUT2D eigenvalue weighted by atomic mass is 16.5. The number of hydrogen-bond donors (Lipinski definition) is 0. The highest BCUT2D eigenvalue weighted by molar-refractivity contribution is 5.63. The van der Waals surface area contributed by atoms with Gasteiger partial charge in [-0.1, -0.05) is 0 Å². The van der Waals surface area contributed by atoms with E-state index < -0.39 is 0 Å². The van der Waals surface area contributed by atoms with Gasteiger partial charge in [0, 0.05) is 6.07 Å². The predicted octanol–water partition coefficient (Wildman–Crippen LogP) is 1.71. The summed E-state index contributed by atoms with van der Waals surface area (Å²) in [5.41, 5.74) is 1.01. The highest BCUT2D eigenvalue weighted by Gasteiger charge is 2.33. The Labute approximate surface area is 107 Å². The molecule has 1 aromatic rings. The first-order valence-corrected chi connectivity index (χ1v) is 5.76. The summed E-state index contributed by atoms with van der Waals surface area (Å²) in [7, 11) is 8.86. The molecule has 0 aromatic heterocycles. The molecule has 1 aliphatic rings. The molecule has 0 radical (unpaired) electrons. The van der Waals surface area contributed by atoms with Crippen LogP contribution < -0.4 is 18.9 Å². The van der Waals surface area contributed by atoms with Crippen molar-refractivity contribution in [1.82, 2.24) is 4.90 Å². The van der Waals surface area contributed by atoms with Crippen LogP contribution in [0.2, 0.25) is 0 Å². The first-order valence-electron chi connectivity index (χ1n) is 5.76. The lowest BCUT2D eigenvalue weighted by Gasteiger charge is -2.21. The largest absolute Gasteiger partial charge is 0.493 e. The second-order valence-corrected chi connectivity index (χ2v) is 4.35. The monoisotopic (exact) mass is 253 g/mol. The number of fused-ring (bicyclic) bond motifs is 1. The molecular weight excluding hydrogens is 234 g/mol. The van der Waals surface area contributed by atoms with Crippen LogP contribution in [0.1, 0.15) is 11.6 Å². The van der Waals surface area contributed by atoms with Gasteiger partial charge in [0.25, 0.3) is 0 Å². The quantitative estimate of drug-likeness (QED) is 0.817. The molecule has 1 unspecified atom stereocenters. The summed E-state index contributed by atoms with van der Waals surface area (Å²) in [5, 5.41) is 0. The smallest absolute Gasteiger partial charge is 0.203 e. The van der Waals surface area contributed by atoms with Crippen molar-refractivity contribution in [1.29, 1.82) is 0 Å². The van der Waals surface area contributed by atoms with Gasteiger partial charge in [-0.2, -0.15) is 0 Å². The fourth-order valence-electron chi connectivity index (χ4n) is 2.25. The van der Waals surface area contributed by atoms with Gasteiger partial charge in [0.2, 0.25) is 5.75 Å². The van der Waals surface area contributed by atoms with Gasteiger partial charge in [-0.25, -0.2) is 0 Å². The Morgan fingerprint density at radius 3 is 2.28 bits per heavy atom. The van der Waals surface area contributed by atoms with E-state index in [-0.39, 0.29) is 6.04 Å². The Balaban J connectivity index is 2.62. The molecule has 0 bridgehead atoms. The molecule has 1 atom stereocenters. The molecule has 0 saturated heterocycles. The molecule has 0 saturated carbocycles. The number of nitrogens with zero attached hydrogens (tertiary/aromatic N) is 1. The molecule has 0 spiro atoms. The maximum absolute atomic E-state index is 5.70. The number of hydrogen-bond acceptors (Lipinski definition) is 5. The van der Waals surface area contributed by atoms with Crippen molar-refractivity contribution in [3.63, 3.8) is 0 Å². The van der Waals surface area contributed by atoms with Crippen LogP contribution in [0.4, 0.5) is 0 Å². The molecule has 0 fully saturated rings. The summed E-state index contributed by atoms with van der Waals surface area (Å²) in [6.07, 6.45) is 0. The molecule has 2 rings (SSSR count). The van der Waals surface area contributed by atoms with Crippen molar-refractivity contribution < 1.29 is 18.9 Å². The SMILES string of the molecule is COc1cc2c(c(OC)c1OC)C(N(C)C)CO2. The number of likely N-dealkylation sites (N-methyl/N-ethyl adjacent to an activating group) is 1. The van der Waals surface area contributed by atoms with Crippen molar-refractivity contribution in [2.24, 2.45) is 0 Å². The lowest BCUT2D eigenvalue weighted by atomic mass is 10.1. The van der Waals surface area contributed by atoms with Crippen LogP contribution in [0.25, 0.3) is 0 Å². The Hall–Kier alpha value is -1.62. The number of methoxy groups -OCH3 is 3. The van der Waals surface area contributed by atoms with Gasteiger partial charge in [0.15, 0.2) is 11.5 Å². The van der Waals surface area contributed by atoms with Gasteiger partial charge in [-0.05, 0) is 14.1 Å². The van der Waals surface area contributed by atoms with E-state index >= 15 is 0 Å². The molecule has 5 heteroatoms. The third-order valence-corrected chi connectivity index (χ3v) is 3.18. The normalized spacial score (nSPS) is 17.3. The predicted molar refractivity (Wildman–Crippen MR) is 68.0 cm³/mol. The third-order valence-electron chi connectivity index (χ3n) is 3.18. The molecule has 18 heavy (non-hydrogen) atoms. The minimum Gasteiger partial charge on any atom is -0.493 e. The van der Waals surface area contributed by atoms with Crippen molar-refractivity contribution in [2.45, 2.75) is 6.04 Å². The second-order valence-electron chi connectivity index (χ2n) is 4.35. The van der Waals surface area contributed by atoms with Crippen molar-refractivity contribution in [3.8, 4) is 23.0 Å². The van der Waals surface area contributed by atoms with E-state index in [0.29, 0.717) is 23.9 Å². The van der Waals surface area contributed by atoms with E-state index in [4.69, 9.17) is 18.9 Å². The van der Waals surface area contributed by atoms with Gasteiger partial charge in [-0.3, -0.25) is 4.90 Å². The van der Waals surface area contributed by atoms with E-state index in [1.807, 2.05) is 20.2 Å². The van der Waals surface area contributed by atoms with E-state index in [0.717, 1.165) is 11.3 Å². The Morgan fingerprint density at radius 2 is 1.78 bits per heavy atom. The van der Waals surface area contributed by atoms with Crippen LogP contribution in [-0.4, -0.2) is 46.9 Å². The van der Waals surface area contributed by atoms with Gasteiger partial charge in [0.1, 0.15) is 12.4 Å². The first-order chi connectivity index (χ1) is 8.63. The highest BCUT2D eigenvalue weighted by Crippen LogP contribution is 2.51. The minimum absolute atomic E-state index is 0.162. The Kier molecular flexibility index (Phi) is 3.52. The zero-order valence-electron chi connectivity index (χ0n) is 11.4. The Bertz CT molecular complexity index is 445. The molecule has 0 aliphatic carbocycles. The van der Waals surface area contributed by atoms with Crippen LogP contribution in [0, 0.1) is 0 Å². The van der Waals surface area contributed by atoms with Gasteiger partial charge in [-0.15, -0.1) is 0 Å². The number of ether oxygens (including phenoxy) is 4. The van der Waals surface area contributed by atoms with Crippen molar-refractivity contribution in [2.75, 3.05) is 42.0 Å². The van der Waals surface area contributed by atoms with Crippen LogP contribution in [0.5, 0.6) is 23.0 Å². The number of rotatable bonds is 4. The maximum Gasteiger partial charge on any atom is 0.203 e. The molecule has 1 aliphatic heterocycles. The van der Waals surface area contributed by atoms with E-state index in [1.54, 1.807) is 21.3 Å². The average Bonchev–Trinajstić information content (AvgIpc) is 2.79. The van der Waals surface area contributed by atoms with Crippen LogP contribution >= 0.6 is 0 Å². The zero-order valence-corrected chi connectivity index (χ0v) is 11.4. The van der Waals surface area contributed by atoms with E-state index in [2.05, 4.69) is 4.90 Å². The fourth-order valence-corrected chi connectivity index (χ4v) is 2.25. The number of benzene rings is 1. The van der Waals surface area contributed by atoms with E-state index in [1.165, 1.54) is 0 Å². The topological polar surface area (TPSA) is 40.2 Å². The lowest BCUT2D eigenvalue weighted by molar-refractivity contribution is 0.224. The summed E-state index contributed by atoms with van der Waals surface area (Å²) >= 11 is 0. The standard InChI is InChI=1S/C13H19NO4/c1-14(2)8-7-18-9-6-10(15-3)12(16-4)13(17-5)11(8)9/h6,8H,7H2,1-5H3. The first kappa shape index (κ1) is 12.8. The molecule has 5 nitrogen and oxygen atoms in total. The molecule has 0 N–H and O–H groups in total. The third kappa shape index (κ3) is 1.84. The summed E-state index contributed by atoms with van der Waals surface area (Å²) in [5.74, 6) is 2.70. The van der Waals surface area contributed by atoms with Gasteiger partial charge in [0.05, 0.1) is 32.9 Å². The lowest BCUT2D eigenvalue weighted by Crippen LogP contribution is -2.21. The molecular formula is C13H19NO4. The van der Waals surface area contributed by atoms with Gasteiger partial charge < -0.3 is 18.9 Å². The van der Waals surface area contributed by atoms with Crippen LogP contribution in [0.15, 0.2) is 6.07 Å². The molecule has 0 amide bonds. The molecule has 1 aromatic carbocycles. The second kappa shape index (κ2) is 4.94. The van der Waals surface area contributed by atoms with E-state index in [9.17, 15) is 0 Å². The van der Waals surface area contributed by atoms with Gasteiger partial charge >= 0.3 is 0 Å². The maximum atomic E-state index is 5.70. The van der Waals surface area contributed by atoms with Crippen LogP contribution in [0.3, 0.4) is 0 Å².